The third-order valence-electron chi connectivity index (χ3n) is 3.03. The van der Waals surface area contributed by atoms with Crippen LogP contribution in [0.3, 0.4) is 0 Å². The second-order valence-corrected chi connectivity index (χ2v) is 5.00. The van der Waals surface area contributed by atoms with Gasteiger partial charge in [-0.15, -0.1) is 0 Å². The minimum atomic E-state index is 0.587. The molecule has 0 bridgehead atoms. The highest BCUT2D eigenvalue weighted by Crippen LogP contribution is 2.33. The van der Waals surface area contributed by atoms with E-state index in [9.17, 15) is 0 Å². The number of rotatable bonds is 0. The van der Waals surface area contributed by atoms with E-state index in [4.69, 9.17) is 0 Å². The van der Waals surface area contributed by atoms with Gasteiger partial charge < -0.3 is 5.32 Å². The van der Waals surface area contributed by atoms with E-state index in [1.54, 1.807) is 0 Å². The number of thioether (sulfide) groups is 1. The van der Waals surface area contributed by atoms with Crippen LogP contribution >= 0.6 is 11.8 Å². The van der Waals surface area contributed by atoms with Crippen LogP contribution in [-0.4, -0.2) is 23.6 Å². The standard InChI is InChI=1S/C9H17NS/c1-2-6-10-9(3-1)4-7-11-8-5-9/h10H,1-8H2. The lowest BCUT2D eigenvalue weighted by molar-refractivity contribution is 0.236. The highest BCUT2D eigenvalue weighted by molar-refractivity contribution is 7.99. The van der Waals surface area contributed by atoms with E-state index in [-0.39, 0.29) is 0 Å². The summed E-state index contributed by atoms with van der Waals surface area (Å²) in [5.41, 5.74) is 0.587. The molecule has 0 unspecified atom stereocenters. The Morgan fingerprint density at radius 1 is 1.00 bits per heavy atom. The van der Waals surface area contributed by atoms with Crippen LogP contribution in [0.4, 0.5) is 0 Å². The van der Waals surface area contributed by atoms with E-state index in [2.05, 4.69) is 17.1 Å². The molecule has 0 aromatic heterocycles. The second kappa shape index (κ2) is 3.36. The average molecular weight is 171 g/mol. The number of hydrogen-bond donors (Lipinski definition) is 1. The molecule has 11 heavy (non-hydrogen) atoms. The molecule has 0 aromatic rings. The lowest BCUT2D eigenvalue weighted by atomic mass is 9.84. The SMILES string of the molecule is C1CCC2(CCSCC2)NC1. The summed E-state index contributed by atoms with van der Waals surface area (Å²) >= 11 is 2.12. The molecule has 0 aliphatic carbocycles. The van der Waals surface area contributed by atoms with Crippen LogP contribution < -0.4 is 5.32 Å². The van der Waals surface area contributed by atoms with E-state index >= 15 is 0 Å². The zero-order valence-corrected chi connectivity index (χ0v) is 7.88. The number of hydrogen-bond acceptors (Lipinski definition) is 2. The maximum Gasteiger partial charge on any atom is 0.0197 e. The zero-order valence-electron chi connectivity index (χ0n) is 7.07. The van der Waals surface area contributed by atoms with Gasteiger partial charge in [0.25, 0.3) is 0 Å². The van der Waals surface area contributed by atoms with E-state index in [1.165, 1.54) is 50.2 Å². The van der Waals surface area contributed by atoms with Crippen LogP contribution in [-0.2, 0) is 0 Å². The molecule has 2 heteroatoms. The Kier molecular flexibility index (Phi) is 2.42. The van der Waals surface area contributed by atoms with Crippen LogP contribution in [0.2, 0.25) is 0 Å². The van der Waals surface area contributed by atoms with Crippen molar-refractivity contribution >= 4 is 11.8 Å². The van der Waals surface area contributed by atoms with Gasteiger partial charge in [-0.05, 0) is 43.7 Å². The molecule has 2 saturated heterocycles. The fraction of sp³-hybridized carbons (Fsp3) is 1.00. The fourth-order valence-corrected chi connectivity index (χ4v) is 3.49. The van der Waals surface area contributed by atoms with Crippen molar-refractivity contribution in [2.75, 3.05) is 18.1 Å². The van der Waals surface area contributed by atoms with Crippen molar-refractivity contribution in [3.8, 4) is 0 Å². The Bertz CT molecular complexity index is 104. The Morgan fingerprint density at radius 3 is 2.45 bits per heavy atom. The van der Waals surface area contributed by atoms with Gasteiger partial charge in [0.2, 0.25) is 0 Å². The Balaban J connectivity index is 1.94. The van der Waals surface area contributed by atoms with Crippen LogP contribution in [0.25, 0.3) is 0 Å². The summed E-state index contributed by atoms with van der Waals surface area (Å²) in [6, 6.07) is 0. The molecule has 2 rings (SSSR count). The Morgan fingerprint density at radius 2 is 1.82 bits per heavy atom. The molecular weight excluding hydrogens is 154 g/mol. The summed E-state index contributed by atoms with van der Waals surface area (Å²) in [5, 5.41) is 3.72. The van der Waals surface area contributed by atoms with Gasteiger partial charge in [0.15, 0.2) is 0 Å². The van der Waals surface area contributed by atoms with Gasteiger partial charge in [0.05, 0.1) is 0 Å². The highest BCUT2D eigenvalue weighted by Gasteiger charge is 2.32. The molecule has 1 nitrogen and oxygen atoms in total. The molecule has 0 amide bonds. The topological polar surface area (TPSA) is 12.0 Å². The first-order valence-electron chi connectivity index (χ1n) is 4.74. The first-order chi connectivity index (χ1) is 5.41. The van der Waals surface area contributed by atoms with Crippen LogP contribution in [0.1, 0.15) is 32.1 Å². The minimum absolute atomic E-state index is 0.587. The zero-order chi connectivity index (χ0) is 7.57. The summed E-state index contributed by atoms with van der Waals surface area (Å²) < 4.78 is 0. The lowest BCUT2D eigenvalue weighted by Crippen LogP contribution is -2.50. The third kappa shape index (κ3) is 1.73. The third-order valence-corrected chi connectivity index (χ3v) is 4.02. The molecule has 2 aliphatic rings. The van der Waals surface area contributed by atoms with Crippen molar-refractivity contribution in [2.24, 2.45) is 0 Å². The molecule has 2 fully saturated rings. The van der Waals surface area contributed by atoms with E-state index in [0.29, 0.717) is 5.54 Å². The van der Waals surface area contributed by atoms with Crippen molar-refractivity contribution in [1.82, 2.24) is 5.32 Å². The monoisotopic (exact) mass is 171 g/mol. The first-order valence-corrected chi connectivity index (χ1v) is 5.90. The minimum Gasteiger partial charge on any atom is -0.311 e. The molecule has 64 valence electrons. The molecule has 0 atom stereocenters. The van der Waals surface area contributed by atoms with Gasteiger partial charge in [-0.2, -0.15) is 11.8 Å². The van der Waals surface area contributed by atoms with Gasteiger partial charge >= 0.3 is 0 Å². The van der Waals surface area contributed by atoms with Gasteiger partial charge in [-0.25, -0.2) is 0 Å². The smallest absolute Gasteiger partial charge is 0.0197 e. The summed E-state index contributed by atoms with van der Waals surface area (Å²) in [7, 11) is 0. The summed E-state index contributed by atoms with van der Waals surface area (Å²) in [4.78, 5) is 0. The highest BCUT2D eigenvalue weighted by atomic mass is 32.2. The van der Waals surface area contributed by atoms with Crippen molar-refractivity contribution in [3.05, 3.63) is 0 Å². The summed E-state index contributed by atoms with van der Waals surface area (Å²) in [6.45, 7) is 1.27. The predicted molar refractivity (Wildman–Crippen MR) is 51.1 cm³/mol. The summed E-state index contributed by atoms with van der Waals surface area (Å²) in [5.74, 6) is 2.76. The number of piperidine rings is 1. The van der Waals surface area contributed by atoms with Crippen molar-refractivity contribution in [1.29, 1.82) is 0 Å². The molecule has 0 aromatic carbocycles. The fourth-order valence-electron chi connectivity index (χ4n) is 2.22. The molecule has 0 saturated carbocycles. The van der Waals surface area contributed by atoms with Crippen LogP contribution in [0.5, 0.6) is 0 Å². The van der Waals surface area contributed by atoms with Gasteiger partial charge in [0.1, 0.15) is 0 Å². The van der Waals surface area contributed by atoms with Crippen molar-refractivity contribution in [3.63, 3.8) is 0 Å². The van der Waals surface area contributed by atoms with E-state index in [0.717, 1.165) is 0 Å². The van der Waals surface area contributed by atoms with E-state index in [1.807, 2.05) is 0 Å². The van der Waals surface area contributed by atoms with Crippen LogP contribution in [0, 0.1) is 0 Å². The first kappa shape index (κ1) is 7.93. The molecule has 0 radical (unpaired) electrons. The van der Waals surface area contributed by atoms with Crippen LogP contribution in [0.15, 0.2) is 0 Å². The second-order valence-electron chi connectivity index (χ2n) is 3.78. The molecule has 1 N–H and O–H groups in total. The Hall–Kier alpha value is 0.310. The van der Waals surface area contributed by atoms with Crippen molar-refractivity contribution in [2.45, 2.75) is 37.6 Å². The van der Waals surface area contributed by atoms with Crippen molar-refractivity contribution < 1.29 is 0 Å². The molecule has 2 aliphatic heterocycles. The maximum atomic E-state index is 3.72. The predicted octanol–water partition coefficient (Wildman–Crippen LogP) is 2.03. The van der Waals surface area contributed by atoms with Gasteiger partial charge in [-0.3, -0.25) is 0 Å². The maximum absolute atomic E-state index is 3.72. The lowest BCUT2D eigenvalue weighted by Gasteiger charge is -2.41. The number of nitrogens with one attached hydrogen (secondary N) is 1. The normalized spacial score (nSPS) is 30.5. The Labute approximate surface area is 73.3 Å². The van der Waals surface area contributed by atoms with Gasteiger partial charge in [-0.1, -0.05) is 6.42 Å². The molecular formula is C9H17NS. The average Bonchev–Trinajstić information content (AvgIpc) is 2.07. The molecule has 1 spiro atoms. The van der Waals surface area contributed by atoms with Gasteiger partial charge in [0, 0.05) is 5.54 Å². The van der Waals surface area contributed by atoms with E-state index < -0.39 is 0 Å². The largest absolute Gasteiger partial charge is 0.311 e. The molecule has 2 heterocycles. The quantitative estimate of drug-likeness (QED) is 0.598. The summed E-state index contributed by atoms with van der Waals surface area (Å²) in [6.07, 6.45) is 7.12.